The summed E-state index contributed by atoms with van der Waals surface area (Å²) >= 11 is 0. The molecule has 0 aliphatic heterocycles. The molecule has 3 N–H and O–H groups in total. The minimum absolute atomic E-state index is 0.0915. The van der Waals surface area contributed by atoms with E-state index in [1.54, 1.807) is 6.92 Å². The molecule has 0 bridgehead atoms. The molecular weight excluding hydrogens is 160 g/mol. The van der Waals surface area contributed by atoms with E-state index in [2.05, 4.69) is 0 Å². The van der Waals surface area contributed by atoms with Crippen molar-refractivity contribution in [1.29, 1.82) is 0 Å². The van der Waals surface area contributed by atoms with Crippen LogP contribution < -0.4 is 0 Å². The van der Waals surface area contributed by atoms with Crippen molar-refractivity contribution in [2.75, 3.05) is 13.2 Å². The Morgan fingerprint density at radius 1 is 1.25 bits per heavy atom. The molecule has 0 aliphatic carbocycles. The first-order chi connectivity index (χ1) is 5.56. The van der Waals surface area contributed by atoms with Gasteiger partial charge in [0.15, 0.2) is 0 Å². The molecule has 0 saturated heterocycles. The molecule has 0 amide bonds. The van der Waals surface area contributed by atoms with Crippen LogP contribution in [0.1, 0.15) is 20.3 Å². The van der Waals surface area contributed by atoms with E-state index < -0.39 is 12.2 Å². The normalized spacial score (nSPS) is 18.8. The van der Waals surface area contributed by atoms with E-state index in [0.717, 1.165) is 0 Å². The van der Waals surface area contributed by atoms with Gasteiger partial charge in [-0.15, -0.1) is 0 Å². The maximum absolute atomic E-state index is 8.95. The molecule has 3 atom stereocenters. The number of aliphatic hydroxyl groups is 3. The molecule has 0 radical (unpaired) electrons. The maximum Gasteiger partial charge on any atom is 0.100 e. The van der Waals surface area contributed by atoms with Crippen LogP contribution in [0.15, 0.2) is 0 Å². The quantitative estimate of drug-likeness (QED) is 0.513. The van der Waals surface area contributed by atoms with Crippen LogP contribution in [0.3, 0.4) is 0 Å². The van der Waals surface area contributed by atoms with Gasteiger partial charge in [-0.05, 0) is 20.3 Å². The summed E-state index contributed by atoms with van der Waals surface area (Å²) in [6.45, 7) is 3.32. The van der Waals surface area contributed by atoms with Crippen LogP contribution in [0.4, 0.5) is 0 Å². The van der Waals surface area contributed by atoms with E-state index in [1.165, 1.54) is 0 Å². The van der Waals surface area contributed by atoms with Crippen molar-refractivity contribution in [3.8, 4) is 0 Å². The Labute approximate surface area is 72.8 Å². The zero-order chi connectivity index (χ0) is 9.56. The summed E-state index contributed by atoms with van der Waals surface area (Å²) in [6.07, 6.45) is -0.767. The number of ether oxygens (including phenoxy) is 1. The highest BCUT2D eigenvalue weighted by molar-refractivity contribution is 4.57. The highest BCUT2D eigenvalue weighted by atomic mass is 16.5. The first-order valence-corrected chi connectivity index (χ1v) is 4.14. The van der Waals surface area contributed by atoms with Gasteiger partial charge >= 0.3 is 0 Å². The summed E-state index contributed by atoms with van der Waals surface area (Å²) in [6, 6.07) is 0. The third-order valence-corrected chi connectivity index (χ3v) is 1.46. The zero-order valence-corrected chi connectivity index (χ0v) is 7.60. The smallest absolute Gasteiger partial charge is 0.100 e. The van der Waals surface area contributed by atoms with Crippen LogP contribution in [0.25, 0.3) is 0 Å². The summed E-state index contributed by atoms with van der Waals surface area (Å²) < 4.78 is 5.14. The van der Waals surface area contributed by atoms with E-state index in [-0.39, 0.29) is 19.3 Å². The number of rotatable bonds is 6. The number of hydrogen-bond donors (Lipinski definition) is 3. The molecule has 74 valence electrons. The van der Waals surface area contributed by atoms with Crippen molar-refractivity contribution >= 4 is 0 Å². The lowest BCUT2D eigenvalue weighted by atomic mass is 10.2. The Morgan fingerprint density at radius 3 is 2.25 bits per heavy atom. The molecule has 0 aliphatic rings. The molecule has 0 saturated carbocycles. The minimum atomic E-state index is -0.818. The second-order valence-electron chi connectivity index (χ2n) is 3.07. The van der Waals surface area contributed by atoms with E-state index in [0.29, 0.717) is 6.42 Å². The van der Waals surface area contributed by atoms with Gasteiger partial charge in [0.05, 0.1) is 25.4 Å². The number of hydrogen-bond acceptors (Lipinski definition) is 4. The largest absolute Gasteiger partial charge is 0.394 e. The highest BCUT2D eigenvalue weighted by Crippen LogP contribution is 2.02. The van der Waals surface area contributed by atoms with Gasteiger partial charge in [0.2, 0.25) is 0 Å². The average Bonchev–Trinajstić information content (AvgIpc) is 1.99. The molecular formula is C8H18O4. The van der Waals surface area contributed by atoms with Crippen molar-refractivity contribution < 1.29 is 20.1 Å². The Hall–Kier alpha value is -0.160. The van der Waals surface area contributed by atoms with Crippen LogP contribution in [0.2, 0.25) is 0 Å². The van der Waals surface area contributed by atoms with E-state index in [4.69, 9.17) is 20.1 Å². The van der Waals surface area contributed by atoms with Crippen molar-refractivity contribution in [1.82, 2.24) is 0 Å². The van der Waals surface area contributed by atoms with Crippen LogP contribution in [-0.2, 0) is 4.74 Å². The van der Waals surface area contributed by atoms with E-state index in [1.807, 2.05) is 6.92 Å². The molecule has 0 rings (SSSR count). The Balaban J connectivity index is 3.36. The van der Waals surface area contributed by atoms with Gasteiger partial charge in [-0.1, -0.05) is 0 Å². The Bertz CT molecular complexity index is 105. The Morgan fingerprint density at radius 2 is 1.83 bits per heavy atom. The molecule has 12 heavy (non-hydrogen) atoms. The van der Waals surface area contributed by atoms with Crippen LogP contribution in [-0.4, -0.2) is 46.8 Å². The predicted molar refractivity (Wildman–Crippen MR) is 44.8 cm³/mol. The lowest BCUT2D eigenvalue weighted by Gasteiger charge is -2.16. The SMILES string of the molecule is CC(O)CC(C)OCC(O)CO. The molecule has 0 aromatic heterocycles. The fraction of sp³-hybridized carbons (Fsp3) is 1.00. The summed E-state index contributed by atoms with van der Waals surface area (Å²) in [5, 5.41) is 26.3. The van der Waals surface area contributed by atoms with Gasteiger partial charge in [-0.3, -0.25) is 0 Å². The molecule has 3 unspecified atom stereocenters. The van der Waals surface area contributed by atoms with Gasteiger partial charge in [0.25, 0.3) is 0 Å². The third-order valence-electron chi connectivity index (χ3n) is 1.46. The van der Waals surface area contributed by atoms with Crippen molar-refractivity contribution in [3.05, 3.63) is 0 Å². The first kappa shape index (κ1) is 11.8. The van der Waals surface area contributed by atoms with Crippen LogP contribution in [0.5, 0.6) is 0 Å². The summed E-state index contributed by atoms with van der Waals surface area (Å²) in [5.41, 5.74) is 0. The second kappa shape index (κ2) is 6.37. The minimum Gasteiger partial charge on any atom is -0.394 e. The van der Waals surface area contributed by atoms with Crippen molar-refractivity contribution in [2.24, 2.45) is 0 Å². The summed E-state index contributed by atoms with van der Waals surface area (Å²) in [5.74, 6) is 0. The Kier molecular flexibility index (Phi) is 6.28. The standard InChI is InChI=1S/C8H18O4/c1-6(10)3-7(2)12-5-8(11)4-9/h6-11H,3-5H2,1-2H3. The average molecular weight is 178 g/mol. The van der Waals surface area contributed by atoms with Gasteiger partial charge < -0.3 is 20.1 Å². The first-order valence-electron chi connectivity index (χ1n) is 4.14. The molecule has 0 aromatic carbocycles. The van der Waals surface area contributed by atoms with Crippen molar-refractivity contribution in [2.45, 2.75) is 38.6 Å². The molecule has 0 heterocycles. The van der Waals surface area contributed by atoms with Gasteiger partial charge in [0, 0.05) is 0 Å². The maximum atomic E-state index is 8.95. The fourth-order valence-electron chi connectivity index (χ4n) is 0.876. The topological polar surface area (TPSA) is 69.9 Å². The molecule has 0 fully saturated rings. The zero-order valence-electron chi connectivity index (χ0n) is 7.60. The monoisotopic (exact) mass is 178 g/mol. The van der Waals surface area contributed by atoms with Crippen molar-refractivity contribution in [3.63, 3.8) is 0 Å². The summed E-state index contributed by atoms with van der Waals surface area (Å²) in [4.78, 5) is 0. The fourth-order valence-corrected chi connectivity index (χ4v) is 0.876. The highest BCUT2D eigenvalue weighted by Gasteiger charge is 2.08. The van der Waals surface area contributed by atoms with Gasteiger partial charge in [-0.25, -0.2) is 0 Å². The van der Waals surface area contributed by atoms with Crippen LogP contribution in [0, 0.1) is 0 Å². The molecule has 0 spiro atoms. The molecule has 4 nitrogen and oxygen atoms in total. The lowest BCUT2D eigenvalue weighted by molar-refractivity contribution is -0.0353. The molecule has 0 aromatic rings. The van der Waals surface area contributed by atoms with E-state index >= 15 is 0 Å². The summed E-state index contributed by atoms with van der Waals surface area (Å²) in [7, 11) is 0. The van der Waals surface area contributed by atoms with Gasteiger partial charge in [-0.2, -0.15) is 0 Å². The molecule has 4 heteroatoms. The van der Waals surface area contributed by atoms with Gasteiger partial charge in [0.1, 0.15) is 6.10 Å². The third kappa shape index (κ3) is 6.54. The second-order valence-corrected chi connectivity index (χ2v) is 3.07. The van der Waals surface area contributed by atoms with Crippen LogP contribution >= 0.6 is 0 Å². The predicted octanol–water partition coefficient (Wildman–Crippen LogP) is -0.484. The van der Waals surface area contributed by atoms with E-state index in [9.17, 15) is 0 Å². The number of aliphatic hydroxyl groups excluding tert-OH is 3. The lowest BCUT2D eigenvalue weighted by Crippen LogP contribution is -2.24.